The van der Waals surface area contributed by atoms with Crippen LogP contribution in [0.3, 0.4) is 0 Å². The molecule has 35 heavy (non-hydrogen) atoms. The molecule has 0 saturated heterocycles. The number of pyridine rings is 3. The van der Waals surface area contributed by atoms with Crippen LogP contribution in [0.25, 0.3) is 33.5 Å². The van der Waals surface area contributed by atoms with Crippen LogP contribution in [-0.2, 0) is 0 Å². The van der Waals surface area contributed by atoms with Crippen molar-refractivity contribution in [3.05, 3.63) is 93.2 Å². The van der Waals surface area contributed by atoms with Crippen molar-refractivity contribution in [3.63, 3.8) is 0 Å². The summed E-state index contributed by atoms with van der Waals surface area (Å²) in [6.07, 6.45) is 3.23. The van der Waals surface area contributed by atoms with Crippen LogP contribution in [0.2, 0.25) is 0 Å². The third-order valence-corrected chi connectivity index (χ3v) is 6.11. The van der Waals surface area contributed by atoms with Crippen LogP contribution in [0.15, 0.2) is 76.3 Å². The fourth-order valence-electron chi connectivity index (χ4n) is 3.93. The molecule has 0 aliphatic rings. The molecule has 5 rings (SSSR count). The van der Waals surface area contributed by atoms with Crippen molar-refractivity contribution < 1.29 is 14.2 Å². The van der Waals surface area contributed by atoms with Gasteiger partial charge in [-0.3, -0.25) is 9.89 Å². The highest BCUT2D eigenvalue weighted by Gasteiger charge is 2.17. The van der Waals surface area contributed by atoms with Gasteiger partial charge in [-0.05, 0) is 48.0 Å². The predicted molar refractivity (Wildman–Crippen MR) is 133 cm³/mol. The largest absolute Gasteiger partial charge is 0.481 e. The third kappa shape index (κ3) is 4.45. The zero-order chi connectivity index (χ0) is 24.5. The molecule has 0 fully saturated rings. The number of aromatic nitrogens is 5. The molecule has 0 aliphatic heterocycles. The van der Waals surface area contributed by atoms with Crippen molar-refractivity contribution in [2.24, 2.45) is 0 Å². The number of aromatic amines is 1. The lowest BCUT2D eigenvalue weighted by Crippen LogP contribution is -2.27. The van der Waals surface area contributed by atoms with Crippen molar-refractivity contribution in [1.82, 2.24) is 24.7 Å². The maximum Gasteiger partial charge on any atom is 0.251 e. The molecule has 4 heterocycles. The standard InChI is InChI=1S/C25H19BrFN5O3/c1-35-22-5-2-15(12-28-22)24-25-20(30-31-24)4-3-19(29-25)14-6-7-32(23(34)10-14)21(13-33)16-8-17(26)11-18(27)9-16/h2-12,21,33H,13H2,1H3,(H,30,31)/t21-/m1/s1. The third-order valence-electron chi connectivity index (χ3n) is 5.65. The summed E-state index contributed by atoms with van der Waals surface area (Å²) in [5.74, 6) is 0.0348. The molecule has 5 aromatic rings. The Labute approximate surface area is 207 Å². The molecule has 0 spiro atoms. The van der Waals surface area contributed by atoms with Gasteiger partial charge in [0.15, 0.2) is 0 Å². The first-order valence-corrected chi connectivity index (χ1v) is 11.4. The fraction of sp³-hybridized carbons (Fsp3) is 0.120. The minimum atomic E-state index is -0.734. The van der Waals surface area contributed by atoms with Gasteiger partial charge < -0.3 is 14.4 Å². The second kappa shape index (κ2) is 9.40. The fourth-order valence-corrected chi connectivity index (χ4v) is 4.41. The Morgan fingerprint density at radius 2 is 2.00 bits per heavy atom. The molecule has 0 amide bonds. The Morgan fingerprint density at radius 3 is 2.69 bits per heavy atom. The van der Waals surface area contributed by atoms with E-state index in [0.29, 0.717) is 38.4 Å². The Bertz CT molecular complexity index is 1560. The first-order valence-electron chi connectivity index (χ1n) is 10.6. The highest BCUT2D eigenvalue weighted by molar-refractivity contribution is 9.10. The minimum absolute atomic E-state index is 0.351. The van der Waals surface area contributed by atoms with Gasteiger partial charge in [0.25, 0.3) is 5.56 Å². The summed E-state index contributed by atoms with van der Waals surface area (Å²) in [6, 6.07) is 14.0. The smallest absolute Gasteiger partial charge is 0.251 e. The molecule has 0 aliphatic carbocycles. The van der Waals surface area contributed by atoms with Gasteiger partial charge in [-0.15, -0.1) is 0 Å². The van der Waals surface area contributed by atoms with Gasteiger partial charge in [0.1, 0.15) is 17.0 Å². The zero-order valence-electron chi connectivity index (χ0n) is 18.4. The van der Waals surface area contributed by atoms with E-state index in [1.54, 1.807) is 43.8 Å². The maximum absolute atomic E-state index is 13.9. The molecule has 176 valence electrons. The van der Waals surface area contributed by atoms with E-state index in [1.165, 1.54) is 22.8 Å². The number of aliphatic hydroxyl groups is 1. The van der Waals surface area contributed by atoms with Crippen LogP contribution in [-0.4, -0.2) is 43.6 Å². The average Bonchev–Trinajstić information content (AvgIpc) is 3.28. The summed E-state index contributed by atoms with van der Waals surface area (Å²) in [4.78, 5) is 22.0. The highest BCUT2D eigenvalue weighted by Crippen LogP contribution is 2.28. The van der Waals surface area contributed by atoms with E-state index >= 15 is 0 Å². The van der Waals surface area contributed by atoms with Crippen LogP contribution >= 0.6 is 15.9 Å². The molecule has 10 heteroatoms. The minimum Gasteiger partial charge on any atom is -0.481 e. The average molecular weight is 536 g/mol. The number of methoxy groups -OCH3 is 1. The summed E-state index contributed by atoms with van der Waals surface area (Å²) < 4.78 is 20.9. The van der Waals surface area contributed by atoms with E-state index in [2.05, 4.69) is 31.1 Å². The summed E-state index contributed by atoms with van der Waals surface area (Å²) in [7, 11) is 1.55. The number of nitrogens with zero attached hydrogens (tertiary/aromatic N) is 4. The van der Waals surface area contributed by atoms with E-state index in [0.717, 1.165) is 11.1 Å². The zero-order valence-corrected chi connectivity index (χ0v) is 20.0. The molecule has 0 unspecified atom stereocenters. The van der Waals surface area contributed by atoms with Crippen LogP contribution in [0.5, 0.6) is 5.88 Å². The Hall–Kier alpha value is -3.89. The molecular weight excluding hydrogens is 517 g/mol. The summed E-state index contributed by atoms with van der Waals surface area (Å²) in [5, 5.41) is 17.3. The lowest BCUT2D eigenvalue weighted by atomic mass is 10.1. The quantitative estimate of drug-likeness (QED) is 0.335. The number of benzene rings is 1. The van der Waals surface area contributed by atoms with Crippen molar-refractivity contribution in [3.8, 4) is 28.4 Å². The SMILES string of the molecule is COc1ccc(-c2n[nH]c3ccc(-c4ccn([C@H](CO)c5cc(F)cc(Br)c5)c(=O)c4)nc23)cn1. The number of nitrogens with one attached hydrogen (secondary N) is 1. The number of hydrogen-bond donors (Lipinski definition) is 2. The van der Waals surface area contributed by atoms with Crippen molar-refractivity contribution >= 4 is 27.0 Å². The first-order chi connectivity index (χ1) is 17.0. The topological polar surface area (TPSA) is 106 Å². The number of H-pyrrole nitrogens is 1. The number of rotatable bonds is 6. The molecule has 0 bridgehead atoms. The Kier molecular flexibility index (Phi) is 6.14. The van der Waals surface area contributed by atoms with E-state index < -0.39 is 11.9 Å². The number of ether oxygens (including phenoxy) is 1. The molecule has 4 aromatic heterocycles. The van der Waals surface area contributed by atoms with Crippen LogP contribution in [0.1, 0.15) is 11.6 Å². The van der Waals surface area contributed by atoms with Gasteiger partial charge in [-0.25, -0.2) is 14.4 Å². The Balaban J connectivity index is 1.52. The molecular formula is C25H19BrFN5O3. The van der Waals surface area contributed by atoms with Gasteiger partial charge in [-0.1, -0.05) is 15.9 Å². The Morgan fingerprint density at radius 1 is 1.14 bits per heavy atom. The molecule has 1 aromatic carbocycles. The van der Waals surface area contributed by atoms with E-state index in [9.17, 15) is 14.3 Å². The molecule has 0 radical (unpaired) electrons. The monoisotopic (exact) mass is 535 g/mol. The predicted octanol–water partition coefficient (Wildman–Crippen LogP) is 4.34. The summed E-state index contributed by atoms with van der Waals surface area (Å²) in [6.45, 7) is -0.367. The molecule has 1 atom stereocenters. The summed E-state index contributed by atoms with van der Waals surface area (Å²) >= 11 is 3.25. The summed E-state index contributed by atoms with van der Waals surface area (Å²) in [5.41, 5.74) is 4.08. The van der Waals surface area contributed by atoms with E-state index in [1.807, 2.05) is 12.1 Å². The molecule has 8 nitrogen and oxygen atoms in total. The van der Waals surface area contributed by atoms with Crippen molar-refractivity contribution in [1.29, 1.82) is 0 Å². The van der Waals surface area contributed by atoms with Crippen LogP contribution in [0, 0.1) is 5.82 Å². The second-order valence-corrected chi connectivity index (χ2v) is 8.73. The van der Waals surface area contributed by atoms with Crippen LogP contribution in [0.4, 0.5) is 4.39 Å². The first kappa shape index (κ1) is 22.9. The van der Waals surface area contributed by atoms with Gasteiger partial charge in [0.2, 0.25) is 5.88 Å². The molecule has 0 saturated carbocycles. The van der Waals surface area contributed by atoms with Gasteiger partial charge >= 0.3 is 0 Å². The number of halogens is 2. The highest BCUT2D eigenvalue weighted by atomic mass is 79.9. The lowest BCUT2D eigenvalue weighted by Gasteiger charge is -2.19. The van der Waals surface area contributed by atoms with Gasteiger partial charge in [-0.2, -0.15) is 5.10 Å². The lowest BCUT2D eigenvalue weighted by molar-refractivity contribution is 0.246. The van der Waals surface area contributed by atoms with E-state index in [-0.39, 0.29) is 12.2 Å². The van der Waals surface area contributed by atoms with Gasteiger partial charge in [0.05, 0.1) is 31.0 Å². The van der Waals surface area contributed by atoms with Crippen LogP contribution < -0.4 is 10.3 Å². The second-order valence-electron chi connectivity index (χ2n) is 7.82. The number of hydrogen-bond acceptors (Lipinski definition) is 6. The maximum atomic E-state index is 13.9. The normalized spacial score (nSPS) is 12.1. The number of aliphatic hydroxyl groups excluding tert-OH is 1. The van der Waals surface area contributed by atoms with Gasteiger partial charge in [0, 0.05) is 40.1 Å². The van der Waals surface area contributed by atoms with Crippen molar-refractivity contribution in [2.45, 2.75) is 6.04 Å². The number of fused-ring (bicyclic) bond motifs is 1. The van der Waals surface area contributed by atoms with Crippen molar-refractivity contribution in [2.75, 3.05) is 13.7 Å². The molecule has 2 N–H and O–H groups in total. The van der Waals surface area contributed by atoms with E-state index in [4.69, 9.17) is 9.72 Å².